The summed E-state index contributed by atoms with van der Waals surface area (Å²) in [5, 5.41) is 0.673. The highest BCUT2D eigenvalue weighted by atomic mass is 35.5. The molecule has 0 aliphatic rings. The Bertz CT molecular complexity index is 405. The normalized spacial score (nSPS) is 12.2. The monoisotopic (exact) mass is 281 g/mol. The molecule has 2 nitrogen and oxygen atoms in total. The average molecular weight is 282 g/mol. The molecule has 0 aliphatic heterocycles. The number of hydrogen-bond donors (Lipinski definition) is 0. The van der Waals surface area contributed by atoms with Crippen molar-refractivity contribution in [3.8, 4) is 0 Å². The summed E-state index contributed by atoms with van der Waals surface area (Å²) in [6.07, 6.45) is 5.13. The van der Waals surface area contributed by atoms with Crippen molar-refractivity contribution in [3.63, 3.8) is 0 Å². The van der Waals surface area contributed by atoms with Crippen LogP contribution in [0.1, 0.15) is 52.9 Å². The third kappa shape index (κ3) is 4.87. The van der Waals surface area contributed by atoms with Crippen molar-refractivity contribution in [2.45, 2.75) is 58.9 Å². The summed E-state index contributed by atoms with van der Waals surface area (Å²) in [5.41, 5.74) is 0.906. The van der Waals surface area contributed by atoms with Gasteiger partial charge in [-0.15, -0.1) is 0 Å². The quantitative estimate of drug-likeness (QED) is 0.640. The van der Waals surface area contributed by atoms with Crippen molar-refractivity contribution in [2.24, 2.45) is 0 Å². The first kappa shape index (κ1) is 16.0. The lowest BCUT2D eigenvalue weighted by molar-refractivity contribution is -0.118. The summed E-state index contributed by atoms with van der Waals surface area (Å²) in [6, 6.07) is 7.77. The number of halogens is 1. The number of unbranched alkanes of at least 4 members (excludes halogenated alkanes) is 2. The van der Waals surface area contributed by atoms with E-state index in [1.165, 1.54) is 12.8 Å². The second-order valence-electron chi connectivity index (χ2n) is 4.94. The Morgan fingerprint density at radius 2 is 2.05 bits per heavy atom. The minimum absolute atomic E-state index is 0.159. The first-order chi connectivity index (χ1) is 9.10. The van der Waals surface area contributed by atoms with Crippen molar-refractivity contribution in [1.82, 2.24) is 0 Å². The van der Waals surface area contributed by atoms with E-state index in [2.05, 4.69) is 13.8 Å². The second-order valence-corrected chi connectivity index (χ2v) is 5.38. The molecule has 1 aromatic carbocycles. The van der Waals surface area contributed by atoms with Gasteiger partial charge in [0.2, 0.25) is 5.91 Å². The SMILES string of the molecule is CCCCCC(C)N(C(=O)CC)c1cccc(Cl)c1. The van der Waals surface area contributed by atoms with Gasteiger partial charge in [0.1, 0.15) is 0 Å². The maximum atomic E-state index is 12.2. The fourth-order valence-electron chi connectivity index (χ4n) is 2.26. The van der Waals surface area contributed by atoms with Crippen LogP contribution in [0.25, 0.3) is 0 Å². The topological polar surface area (TPSA) is 20.3 Å². The minimum atomic E-state index is 0.159. The van der Waals surface area contributed by atoms with E-state index in [1.807, 2.05) is 36.1 Å². The fraction of sp³-hybridized carbons (Fsp3) is 0.562. The molecule has 1 atom stereocenters. The number of anilines is 1. The molecule has 0 saturated carbocycles. The van der Waals surface area contributed by atoms with Crippen LogP contribution in [0.2, 0.25) is 5.02 Å². The van der Waals surface area contributed by atoms with Crippen molar-refractivity contribution in [2.75, 3.05) is 4.90 Å². The lowest BCUT2D eigenvalue weighted by Gasteiger charge is -2.29. The van der Waals surface area contributed by atoms with Crippen molar-refractivity contribution in [3.05, 3.63) is 29.3 Å². The number of hydrogen-bond acceptors (Lipinski definition) is 1. The van der Waals surface area contributed by atoms with E-state index in [0.717, 1.165) is 18.5 Å². The molecule has 106 valence electrons. The minimum Gasteiger partial charge on any atom is -0.310 e. The standard InChI is InChI=1S/C16H24ClNO/c1-4-6-7-9-13(3)18(16(19)5-2)15-11-8-10-14(17)12-15/h8,10-13H,4-7,9H2,1-3H3. The lowest BCUT2D eigenvalue weighted by Crippen LogP contribution is -2.38. The van der Waals surface area contributed by atoms with Crippen LogP contribution in [0.5, 0.6) is 0 Å². The Kier molecular flexibility index (Phi) is 6.93. The Labute approximate surface area is 121 Å². The van der Waals surface area contributed by atoms with Gasteiger partial charge < -0.3 is 4.90 Å². The van der Waals surface area contributed by atoms with Crippen LogP contribution in [-0.2, 0) is 4.79 Å². The first-order valence-corrected chi connectivity index (χ1v) is 7.55. The van der Waals surface area contributed by atoms with Crippen LogP contribution < -0.4 is 4.90 Å². The number of benzene rings is 1. The van der Waals surface area contributed by atoms with Gasteiger partial charge in [-0.2, -0.15) is 0 Å². The van der Waals surface area contributed by atoms with Crippen molar-refractivity contribution in [1.29, 1.82) is 0 Å². The molecule has 1 amide bonds. The molecule has 19 heavy (non-hydrogen) atoms. The van der Waals surface area contributed by atoms with Crippen LogP contribution >= 0.6 is 11.6 Å². The molecule has 0 aliphatic carbocycles. The number of carbonyl (C=O) groups is 1. The van der Waals surface area contributed by atoms with E-state index in [0.29, 0.717) is 11.4 Å². The van der Waals surface area contributed by atoms with Crippen LogP contribution in [-0.4, -0.2) is 11.9 Å². The Balaban J connectivity index is 2.85. The molecule has 0 aromatic heterocycles. The molecule has 0 heterocycles. The van der Waals surface area contributed by atoms with Crippen LogP contribution in [0.15, 0.2) is 24.3 Å². The Morgan fingerprint density at radius 3 is 2.63 bits per heavy atom. The Hall–Kier alpha value is -1.02. The average Bonchev–Trinajstić information content (AvgIpc) is 2.39. The summed E-state index contributed by atoms with van der Waals surface area (Å²) in [6.45, 7) is 6.21. The maximum Gasteiger partial charge on any atom is 0.226 e. The maximum absolute atomic E-state index is 12.2. The van der Waals surface area contributed by atoms with Gasteiger partial charge >= 0.3 is 0 Å². The van der Waals surface area contributed by atoms with Crippen LogP contribution in [0.4, 0.5) is 5.69 Å². The van der Waals surface area contributed by atoms with Gasteiger partial charge in [-0.1, -0.05) is 50.8 Å². The zero-order chi connectivity index (χ0) is 14.3. The molecular formula is C16H24ClNO. The molecule has 1 aromatic rings. The van der Waals surface area contributed by atoms with Crippen LogP contribution in [0, 0.1) is 0 Å². The van der Waals surface area contributed by atoms with E-state index in [4.69, 9.17) is 11.6 Å². The fourth-order valence-corrected chi connectivity index (χ4v) is 2.44. The van der Waals surface area contributed by atoms with Gasteiger partial charge in [-0.3, -0.25) is 4.79 Å². The summed E-state index contributed by atoms with van der Waals surface area (Å²) in [4.78, 5) is 14.1. The number of amides is 1. The van der Waals surface area contributed by atoms with Gasteiger partial charge in [0.05, 0.1) is 0 Å². The number of carbonyl (C=O) groups excluding carboxylic acids is 1. The Morgan fingerprint density at radius 1 is 1.32 bits per heavy atom. The van der Waals surface area contributed by atoms with Crippen LogP contribution in [0.3, 0.4) is 0 Å². The third-order valence-corrected chi connectivity index (χ3v) is 3.56. The van der Waals surface area contributed by atoms with E-state index in [9.17, 15) is 4.79 Å². The highest BCUT2D eigenvalue weighted by Crippen LogP contribution is 2.24. The van der Waals surface area contributed by atoms with Gasteiger partial charge in [0.25, 0.3) is 0 Å². The number of nitrogens with zero attached hydrogens (tertiary/aromatic N) is 1. The molecule has 1 rings (SSSR count). The highest BCUT2D eigenvalue weighted by molar-refractivity contribution is 6.30. The third-order valence-electron chi connectivity index (χ3n) is 3.32. The second kappa shape index (κ2) is 8.21. The van der Waals surface area contributed by atoms with E-state index in [1.54, 1.807) is 0 Å². The molecular weight excluding hydrogens is 258 g/mol. The zero-order valence-corrected chi connectivity index (χ0v) is 12.9. The highest BCUT2D eigenvalue weighted by Gasteiger charge is 2.20. The molecule has 1 unspecified atom stereocenters. The first-order valence-electron chi connectivity index (χ1n) is 7.17. The lowest BCUT2D eigenvalue weighted by atomic mass is 10.1. The summed E-state index contributed by atoms with van der Waals surface area (Å²) < 4.78 is 0. The molecule has 0 bridgehead atoms. The van der Waals surface area contributed by atoms with Gasteiger partial charge in [0.15, 0.2) is 0 Å². The molecule has 0 fully saturated rings. The summed E-state index contributed by atoms with van der Waals surface area (Å²) in [5.74, 6) is 0.159. The van der Waals surface area contributed by atoms with Gasteiger partial charge in [-0.05, 0) is 31.5 Å². The summed E-state index contributed by atoms with van der Waals surface area (Å²) >= 11 is 6.03. The smallest absolute Gasteiger partial charge is 0.226 e. The molecule has 3 heteroatoms. The molecule has 0 radical (unpaired) electrons. The number of rotatable bonds is 7. The zero-order valence-electron chi connectivity index (χ0n) is 12.2. The predicted molar refractivity (Wildman–Crippen MR) is 82.8 cm³/mol. The van der Waals surface area contributed by atoms with E-state index >= 15 is 0 Å². The molecule has 0 saturated heterocycles. The van der Waals surface area contributed by atoms with Gasteiger partial charge in [0, 0.05) is 23.2 Å². The van der Waals surface area contributed by atoms with Crippen molar-refractivity contribution >= 4 is 23.2 Å². The summed E-state index contributed by atoms with van der Waals surface area (Å²) in [7, 11) is 0. The molecule has 0 N–H and O–H groups in total. The predicted octanol–water partition coefficient (Wildman–Crippen LogP) is 5.05. The van der Waals surface area contributed by atoms with Crippen molar-refractivity contribution < 1.29 is 4.79 Å². The van der Waals surface area contributed by atoms with E-state index < -0.39 is 0 Å². The largest absolute Gasteiger partial charge is 0.310 e. The molecule has 0 spiro atoms. The van der Waals surface area contributed by atoms with Gasteiger partial charge in [-0.25, -0.2) is 0 Å². The van der Waals surface area contributed by atoms with E-state index in [-0.39, 0.29) is 11.9 Å².